The molecular formula is C30H31N3O2S. The van der Waals surface area contributed by atoms with E-state index in [4.69, 9.17) is 0 Å². The van der Waals surface area contributed by atoms with Gasteiger partial charge in [-0.1, -0.05) is 56.5 Å². The zero-order valence-corrected chi connectivity index (χ0v) is 21.3. The van der Waals surface area contributed by atoms with Crippen molar-refractivity contribution in [2.24, 2.45) is 0 Å². The molecule has 2 aromatic heterocycles. The molecule has 184 valence electrons. The Morgan fingerprint density at radius 3 is 2.56 bits per heavy atom. The molecule has 0 unspecified atom stereocenters. The third kappa shape index (κ3) is 5.19. The second kappa shape index (κ2) is 11.0. The minimum absolute atomic E-state index is 0.136. The molecule has 4 aromatic rings. The van der Waals surface area contributed by atoms with Crippen molar-refractivity contribution in [1.29, 1.82) is 0 Å². The van der Waals surface area contributed by atoms with E-state index in [-0.39, 0.29) is 17.9 Å². The van der Waals surface area contributed by atoms with Gasteiger partial charge in [0.05, 0.1) is 10.4 Å². The predicted molar refractivity (Wildman–Crippen MR) is 146 cm³/mol. The largest absolute Gasteiger partial charge is 0.351 e. The van der Waals surface area contributed by atoms with Crippen molar-refractivity contribution in [1.82, 2.24) is 10.3 Å². The number of carbonyl (C=O) groups is 2. The Bertz CT molecular complexity index is 1330. The zero-order valence-electron chi connectivity index (χ0n) is 20.5. The van der Waals surface area contributed by atoms with Gasteiger partial charge < -0.3 is 5.32 Å². The fraction of sp³-hybridized carbons (Fsp3) is 0.300. The monoisotopic (exact) mass is 497 g/mol. The summed E-state index contributed by atoms with van der Waals surface area (Å²) in [5.41, 5.74) is 3.52. The summed E-state index contributed by atoms with van der Waals surface area (Å²) in [5.74, 6) is -0.320. The van der Waals surface area contributed by atoms with Gasteiger partial charge in [0.15, 0.2) is 0 Å². The van der Waals surface area contributed by atoms with Crippen LogP contribution < -0.4 is 10.2 Å². The summed E-state index contributed by atoms with van der Waals surface area (Å²) in [7, 11) is 0. The SMILES string of the molecule is CCc1ccc(N(C(=O)c2cccs2)[C@@H](C(=O)NC2CCCCC2)c2ccc3ncccc3c2)cc1. The Morgan fingerprint density at radius 2 is 1.83 bits per heavy atom. The normalized spacial score (nSPS) is 14.9. The number of fused-ring (bicyclic) bond motifs is 1. The average Bonchev–Trinajstić information content (AvgIpc) is 3.47. The third-order valence-corrected chi connectivity index (χ3v) is 7.83. The maximum Gasteiger partial charge on any atom is 0.269 e. The first kappa shape index (κ1) is 24.2. The fourth-order valence-electron chi connectivity index (χ4n) is 5.00. The second-order valence-electron chi connectivity index (χ2n) is 9.37. The van der Waals surface area contributed by atoms with Crippen molar-refractivity contribution in [2.45, 2.75) is 57.5 Å². The summed E-state index contributed by atoms with van der Waals surface area (Å²) in [6.45, 7) is 2.10. The second-order valence-corrected chi connectivity index (χ2v) is 10.3. The molecule has 36 heavy (non-hydrogen) atoms. The lowest BCUT2D eigenvalue weighted by molar-refractivity contribution is -0.123. The van der Waals surface area contributed by atoms with Crippen LogP contribution in [0.4, 0.5) is 5.69 Å². The molecule has 0 radical (unpaired) electrons. The van der Waals surface area contributed by atoms with Crippen molar-refractivity contribution in [3.63, 3.8) is 0 Å². The Balaban J connectivity index is 1.62. The molecular weight excluding hydrogens is 466 g/mol. The summed E-state index contributed by atoms with van der Waals surface area (Å²) in [4.78, 5) is 34.7. The number of anilines is 1. The van der Waals surface area contributed by atoms with Crippen LogP contribution in [0.25, 0.3) is 10.9 Å². The van der Waals surface area contributed by atoms with E-state index in [9.17, 15) is 9.59 Å². The third-order valence-electron chi connectivity index (χ3n) is 6.97. The van der Waals surface area contributed by atoms with Crippen LogP contribution in [0, 0.1) is 0 Å². The van der Waals surface area contributed by atoms with E-state index in [1.165, 1.54) is 23.3 Å². The standard InChI is InChI=1S/C30H31N3O2S/c1-2-21-12-15-25(16-13-21)33(30(35)27-11-7-19-36-27)28(29(34)32-24-9-4-3-5-10-24)23-14-17-26-22(20-23)8-6-18-31-26/h6-8,11-20,24,28H,2-5,9-10H2,1H3,(H,32,34)/t28-/m1/s1. The van der Waals surface area contributed by atoms with Crippen LogP contribution in [0.5, 0.6) is 0 Å². The molecule has 1 atom stereocenters. The number of nitrogens with one attached hydrogen (secondary N) is 1. The predicted octanol–water partition coefficient (Wildman–Crippen LogP) is 6.70. The highest BCUT2D eigenvalue weighted by Crippen LogP contribution is 2.33. The van der Waals surface area contributed by atoms with Crippen LogP contribution >= 0.6 is 11.3 Å². The number of benzene rings is 2. The van der Waals surface area contributed by atoms with Gasteiger partial charge in [0.25, 0.3) is 5.91 Å². The molecule has 0 bridgehead atoms. The number of rotatable bonds is 7. The molecule has 0 saturated heterocycles. The van der Waals surface area contributed by atoms with E-state index in [1.807, 2.05) is 72.1 Å². The number of thiophene rings is 1. The molecule has 5 nitrogen and oxygen atoms in total. The Morgan fingerprint density at radius 1 is 1.03 bits per heavy atom. The first-order valence-electron chi connectivity index (χ1n) is 12.7. The van der Waals surface area contributed by atoms with E-state index < -0.39 is 6.04 Å². The number of carbonyl (C=O) groups excluding carboxylic acids is 2. The van der Waals surface area contributed by atoms with Crippen LogP contribution in [0.1, 0.15) is 65.9 Å². The smallest absolute Gasteiger partial charge is 0.269 e. The quantitative estimate of drug-likeness (QED) is 0.309. The van der Waals surface area contributed by atoms with E-state index in [0.717, 1.165) is 48.6 Å². The number of hydrogen-bond donors (Lipinski definition) is 1. The molecule has 6 heteroatoms. The van der Waals surface area contributed by atoms with Crippen LogP contribution in [-0.4, -0.2) is 22.8 Å². The van der Waals surface area contributed by atoms with Crippen LogP contribution in [0.3, 0.4) is 0 Å². The van der Waals surface area contributed by atoms with Crippen molar-refractivity contribution >= 4 is 39.7 Å². The van der Waals surface area contributed by atoms with Gasteiger partial charge in [-0.15, -0.1) is 11.3 Å². The minimum Gasteiger partial charge on any atom is -0.351 e. The summed E-state index contributed by atoms with van der Waals surface area (Å²) < 4.78 is 0. The van der Waals surface area contributed by atoms with E-state index in [2.05, 4.69) is 17.2 Å². The Kier molecular flexibility index (Phi) is 7.42. The molecule has 1 fully saturated rings. The molecule has 1 aliphatic rings. The Labute approximate surface area is 216 Å². The minimum atomic E-state index is -0.807. The molecule has 2 heterocycles. The number of aryl methyl sites for hydroxylation is 1. The van der Waals surface area contributed by atoms with Gasteiger partial charge in [-0.3, -0.25) is 19.5 Å². The molecule has 0 spiro atoms. The van der Waals surface area contributed by atoms with Crippen molar-refractivity contribution < 1.29 is 9.59 Å². The van der Waals surface area contributed by atoms with Gasteiger partial charge in [-0.25, -0.2) is 0 Å². The molecule has 1 N–H and O–H groups in total. The Hall–Kier alpha value is -3.51. The fourth-order valence-corrected chi connectivity index (χ4v) is 5.66. The highest BCUT2D eigenvalue weighted by molar-refractivity contribution is 7.12. The number of hydrogen-bond acceptors (Lipinski definition) is 4. The number of pyridine rings is 1. The molecule has 2 amide bonds. The highest BCUT2D eigenvalue weighted by atomic mass is 32.1. The van der Waals surface area contributed by atoms with Crippen molar-refractivity contribution in [2.75, 3.05) is 4.90 Å². The lowest BCUT2D eigenvalue weighted by Gasteiger charge is -2.33. The lowest BCUT2D eigenvalue weighted by atomic mass is 9.94. The number of aromatic nitrogens is 1. The van der Waals surface area contributed by atoms with Crippen molar-refractivity contribution in [3.8, 4) is 0 Å². The van der Waals surface area contributed by atoms with Crippen LogP contribution in [0.2, 0.25) is 0 Å². The van der Waals surface area contributed by atoms with E-state index in [0.29, 0.717) is 10.6 Å². The van der Waals surface area contributed by atoms with E-state index in [1.54, 1.807) is 11.1 Å². The average molecular weight is 498 g/mol. The summed E-state index contributed by atoms with van der Waals surface area (Å²) in [5, 5.41) is 6.13. The number of nitrogens with zero attached hydrogens (tertiary/aromatic N) is 2. The first-order valence-corrected chi connectivity index (χ1v) is 13.6. The first-order chi connectivity index (χ1) is 17.6. The van der Waals surface area contributed by atoms with Gasteiger partial charge in [0, 0.05) is 23.3 Å². The summed E-state index contributed by atoms with van der Waals surface area (Å²) in [6, 6.07) is 20.7. The summed E-state index contributed by atoms with van der Waals surface area (Å²) >= 11 is 1.39. The zero-order chi connectivity index (χ0) is 24.9. The van der Waals surface area contributed by atoms with E-state index >= 15 is 0 Å². The maximum atomic E-state index is 14.0. The number of amides is 2. The molecule has 1 aliphatic carbocycles. The maximum absolute atomic E-state index is 14.0. The topological polar surface area (TPSA) is 62.3 Å². The van der Waals surface area contributed by atoms with Crippen molar-refractivity contribution in [3.05, 3.63) is 94.3 Å². The highest BCUT2D eigenvalue weighted by Gasteiger charge is 2.35. The van der Waals surface area contributed by atoms with Crippen LogP contribution in [0.15, 0.2) is 78.3 Å². The van der Waals surface area contributed by atoms with Gasteiger partial charge in [-0.05, 0) is 72.2 Å². The molecule has 5 rings (SSSR count). The van der Waals surface area contributed by atoms with Gasteiger partial charge in [0.2, 0.25) is 5.91 Å². The molecule has 0 aliphatic heterocycles. The molecule has 1 saturated carbocycles. The summed E-state index contributed by atoms with van der Waals surface area (Å²) in [6.07, 6.45) is 8.06. The lowest BCUT2D eigenvalue weighted by Crippen LogP contribution is -2.47. The van der Waals surface area contributed by atoms with Gasteiger partial charge >= 0.3 is 0 Å². The van der Waals surface area contributed by atoms with Gasteiger partial charge in [-0.2, -0.15) is 0 Å². The van der Waals surface area contributed by atoms with Gasteiger partial charge in [0.1, 0.15) is 6.04 Å². The molecule has 2 aromatic carbocycles. The van der Waals surface area contributed by atoms with Crippen LogP contribution in [-0.2, 0) is 11.2 Å².